The van der Waals surface area contributed by atoms with Crippen molar-refractivity contribution < 1.29 is 145 Å². The molecule has 0 saturated carbocycles. The molecule has 0 heterocycles. The summed E-state index contributed by atoms with van der Waals surface area (Å²) < 4.78 is 67.1. The number of carboxylic acid groups (broad SMARTS) is 6. The smallest absolute Gasteiger partial charge is 0.339 e. The maximum atomic E-state index is 11.7. The molecule has 1 aromatic carbocycles. The molecular formula is C91H165NO30S. The van der Waals surface area contributed by atoms with Gasteiger partial charge in [0.2, 0.25) is 0 Å². The molecule has 123 heavy (non-hydrogen) atoms. The van der Waals surface area contributed by atoms with E-state index in [1.54, 1.807) is 39.8 Å². The molecule has 11 unspecified atom stereocenters. The fourth-order valence-electron chi connectivity index (χ4n) is 6.97. The van der Waals surface area contributed by atoms with Crippen LogP contribution in [0.5, 0.6) is 0 Å². The van der Waals surface area contributed by atoms with Crippen molar-refractivity contribution in [2.45, 2.75) is 298 Å². The second kappa shape index (κ2) is 92.0. The molecule has 0 bridgehead atoms. The summed E-state index contributed by atoms with van der Waals surface area (Å²) in [6.07, 6.45) is 17.7. The minimum absolute atomic E-state index is 0.0542. The van der Waals surface area contributed by atoms with E-state index in [0.29, 0.717) is 95.3 Å². The molecule has 8 N–H and O–H groups in total. The van der Waals surface area contributed by atoms with Crippen LogP contribution in [0.2, 0.25) is 0 Å². The van der Waals surface area contributed by atoms with Crippen molar-refractivity contribution in [1.29, 1.82) is 0 Å². The lowest BCUT2D eigenvalue weighted by Gasteiger charge is -2.19. The molecule has 31 nitrogen and oxygen atoms in total. The molecule has 0 aromatic heterocycles. The molecule has 1 aromatic rings. The molecule has 0 spiro atoms. The monoisotopic (exact) mass is 1780 g/mol. The van der Waals surface area contributed by atoms with Crippen LogP contribution in [-0.2, 0) is 105 Å². The fraction of sp³-hybridized carbons (Fsp3) is 0.725. The Morgan fingerprint density at radius 1 is 0.407 bits per heavy atom. The Morgan fingerprint density at radius 2 is 0.699 bits per heavy atom. The van der Waals surface area contributed by atoms with E-state index in [0.717, 1.165) is 115 Å². The van der Waals surface area contributed by atoms with Gasteiger partial charge in [-0.1, -0.05) is 128 Å². The number of rotatable bonds is 57. The molecule has 0 aliphatic carbocycles. The quantitative estimate of drug-likeness (QED) is 0.00987. The number of nitrogens with two attached hydrogens (primary N) is 1. The summed E-state index contributed by atoms with van der Waals surface area (Å²) >= 11 is 4.11. The summed E-state index contributed by atoms with van der Waals surface area (Å²) in [6, 6.07) is 5.96. The van der Waals surface area contributed by atoms with Crippen LogP contribution in [0.3, 0.4) is 0 Å². The van der Waals surface area contributed by atoms with E-state index in [9.17, 15) is 52.7 Å². The van der Waals surface area contributed by atoms with Crippen molar-refractivity contribution in [2.24, 2.45) is 34.8 Å². The van der Waals surface area contributed by atoms with Crippen LogP contribution in [0.15, 0.2) is 73.9 Å². The predicted octanol–water partition coefficient (Wildman–Crippen LogP) is 16.9. The van der Waals surface area contributed by atoms with Crippen molar-refractivity contribution in [1.82, 2.24) is 0 Å². The molecule has 1 rings (SSSR count). The maximum Gasteiger partial charge on any atom is 0.339 e. The lowest BCUT2D eigenvalue weighted by molar-refractivity contribution is -0.154. The van der Waals surface area contributed by atoms with E-state index in [1.165, 1.54) is 45.4 Å². The number of aliphatic carboxylic acids is 5. The average molecular weight is 1790 g/mol. The number of aromatic carboxylic acids is 1. The molecule has 11 atom stereocenters. The zero-order chi connectivity index (χ0) is 96.9. The van der Waals surface area contributed by atoms with Gasteiger partial charge in [0.1, 0.15) is 26.4 Å². The third kappa shape index (κ3) is 94.9. The van der Waals surface area contributed by atoms with Crippen LogP contribution >= 0.6 is 12.6 Å². The van der Waals surface area contributed by atoms with Gasteiger partial charge in [0.15, 0.2) is 0 Å². The summed E-state index contributed by atoms with van der Waals surface area (Å²) in [6.45, 7) is 64.3. The van der Waals surface area contributed by atoms with Gasteiger partial charge in [-0.15, -0.1) is 0 Å². The van der Waals surface area contributed by atoms with Crippen molar-refractivity contribution in [2.75, 3.05) is 105 Å². The summed E-state index contributed by atoms with van der Waals surface area (Å²) in [5, 5.41) is 51.0. The second-order valence-electron chi connectivity index (χ2n) is 28.9. The second-order valence-corrected chi connectivity index (χ2v) is 29.3. The summed E-state index contributed by atoms with van der Waals surface area (Å²) in [5.41, 5.74) is 5.02. The number of thiol groups is 1. The van der Waals surface area contributed by atoms with Gasteiger partial charge in [0.05, 0.1) is 130 Å². The largest absolute Gasteiger partial charge is 0.481 e. The Kier molecular flexibility index (Phi) is 99.8. The number of esters is 5. The van der Waals surface area contributed by atoms with Gasteiger partial charge in [0.25, 0.3) is 0 Å². The first-order valence-corrected chi connectivity index (χ1v) is 43.4. The summed E-state index contributed by atoms with van der Waals surface area (Å²) in [4.78, 5) is 117. The molecule has 0 aliphatic rings. The summed E-state index contributed by atoms with van der Waals surface area (Å²) in [5.74, 6) is -8.90. The Morgan fingerprint density at radius 3 is 0.976 bits per heavy atom. The average Bonchev–Trinajstić information content (AvgIpc) is 0.925. The van der Waals surface area contributed by atoms with E-state index in [2.05, 4.69) is 87.4 Å². The summed E-state index contributed by atoms with van der Waals surface area (Å²) in [7, 11) is 0. The molecular weight excluding hydrogens is 1620 g/mol. The molecule has 0 aliphatic heterocycles. The first-order chi connectivity index (χ1) is 57.7. The number of ether oxygens (including phenoxy) is 13. The molecule has 720 valence electrons. The third-order valence-electron chi connectivity index (χ3n) is 17.6. The standard InChI is InChI=1S/C14H18O5.C12H22O4.C11H20O3.C10H18O3.C9H16O3.C8H19NO.C8H18OS.C7H12O4.C6H10O4.C6H12O2/c1-3-10(2)18-8-9-19-14(17)12-7-5-4-6-11(12)13(15)16;1-5-11(4)15-8-6-14-7-9-16-12(13)10(2)3;1-4-10(3)13-8-6-7-9-14-11(12)5-2;1-5-9(4)12-6-7-13-10(11)8(2)3;1-4-8(3)11-6-7-12-9(10)5-2;1-3-8(2)10-7-5-4-6-9;1-3-8(2)9-6-4-5-7-10;1-3-7(2,6(10)11)4-5(8)9;1-3(5(7)8)4(2)6(9)10;1-4(2)5(3)6(7)8/h4-7,10H,3,8-9H2,1-2H3,(H,15,16);11H,2,5-9H2,1,3-4H3;5,10H,2,4,6-9H2,1,3H3;9H,2,5-7H2,1,3-4H3;5,8H,2,4,6-7H2,1,3H3;8H,3-7,9H2,1-2H3;8,10H,3-7H2,1-2H3;3-4H2,1-2H3,(H,8,9)(H,10,11);3-4H,1-2H3,(H,7,8)(H,9,10);4-5H,1-3H3,(H,7,8). The first-order valence-electron chi connectivity index (χ1n) is 42.7. The first kappa shape index (κ1) is 133. The minimum Gasteiger partial charge on any atom is -0.481 e. The van der Waals surface area contributed by atoms with E-state index >= 15 is 0 Å². The van der Waals surface area contributed by atoms with Gasteiger partial charge in [-0.2, -0.15) is 12.6 Å². The van der Waals surface area contributed by atoms with Crippen molar-refractivity contribution >= 4 is 78.3 Å². The fourth-order valence-corrected chi connectivity index (χ4v) is 7.19. The van der Waals surface area contributed by atoms with Crippen LogP contribution in [0, 0.1) is 29.1 Å². The highest BCUT2D eigenvalue weighted by Gasteiger charge is 2.33. The highest BCUT2D eigenvalue weighted by atomic mass is 32.1. The molecule has 0 amide bonds. The van der Waals surface area contributed by atoms with E-state index in [-0.39, 0.29) is 84.9 Å². The number of carbonyl (C=O) groups is 11. The Bertz CT molecular complexity index is 2860. The molecule has 32 heteroatoms. The number of hydrogen-bond acceptors (Lipinski definition) is 26. The van der Waals surface area contributed by atoms with Crippen LogP contribution in [0.4, 0.5) is 0 Å². The van der Waals surface area contributed by atoms with Crippen LogP contribution < -0.4 is 5.73 Å². The molecule has 0 saturated heterocycles. The Labute approximate surface area is 742 Å². The SMILES string of the molecule is C=C(C)C(=O)OCCOC(C)CC.C=C(C)C(=O)OCCOCCOC(C)CC.C=CC(=O)OCCCCOC(C)CC.C=CC(=O)OCCOC(C)CC.CC(C(=O)O)C(C)C(=O)O.CC(C)C(C)C(=O)O.CCC(C)(CC(=O)O)C(=O)O.CCC(C)OCCCCN.CCC(C)OCCCCS.CCC(C)OCCOC(=O)c1ccccc1C(=O)O. The maximum absolute atomic E-state index is 11.7. The highest BCUT2D eigenvalue weighted by molar-refractivity contribution is 7.80. The molecule has 0 radical (unpaired) electrons. The van der Waals surface area contributed by atoms with E-state index in [4.69, 9.17) is 98.0 Å². The van der Waals surface area contributed by atoms with Gasteiger partial charge >= 0.3 is 65.7 Å². The third-order valence-corrected chi connectivity index (χ3v) is 17.9. The molecule has 0 fully saturated rings. The predicted molar refractivity (Wildman–Crippen MR) is 482 cm³/mol. The van der Waals surface area contributed by atoms with Crippen LogP contribution in [0.25, 0.3) is 0 Å². The Balaban J connectivity index is -0.000000169. The topological polar surface area (TPSA) is 455 Å². The zero-order valence-electron chi connectivity index (χ0n) is 79.1. The van der Waals surface area contributed by atoms with E-state index < -0.39 is 65.0 Å². The van der Waals surface area contributed by atoms with E-state index in [1.807, 2.05) is 62.3 Å². The van der Waals surface area contributed by atoms with Gasteiger partial charge in [-0.25, -0.2) is 28.8 Å². The minimum atomic E-state index is -1.15. The number of benzene rings is 1. The lowest BCUT2D eigenvalue weighted by Crippen LogP contribution is -2.29. The highest BCUT2D eigenvalue weighted by Crippen LogP contribution is 2.25. The number of carboxylic acids is 6. The zero-order valence-corrected chi connectivity index (χ0v) is 80.0. The van der Waals surface area contributed by atoms with Gasteiger partial charge in [-0.05, 0) is 189 Å². The van der Waals surface area contributed by atoms with Crippen molar-refractivity contribution in [3.8, 4) is 0 Å². The Hall–Kier alpha value is -7.66. The number of carbonyl (C=O) groups excluding carboxylic acids is 5. The van der Waals surface area contributed by atoms with Crippen molar-refractivity contribution in [3.05, 3.63) is 85.0 Å². The normalized spacial score (nSPS) is 13.1. The number of hydrogen-bond donors (Lipinski definition) is 8. The van der Waals surface area contributed by atoms with Gasteiger partial charge < -0.3 is 98.0 Å². The van der Waals surface area contributed by atoms with Crippen LogP contribution in [0.1, 0.15) is 276 Å². The lowest BCUT2D eigenvalue weighted by atomic mass is 9.84. The number of unbranched alkanes of at least 4 members (excludes halogenated alkanes) is 3. The van der Waals surface area contributed by atoms with Gasteiger partial charge in [-0.3, -0.25) is 24.0 Å². The van der Waals surface area contributed by atoms with Crippen LogP contribution in [-0.4, -0.2) is 244 Å². The van der Waals surface area contributed by atoms with Gasteiger partial charge in [0, 0.05) is 43.1 Å². The van der Waals surface area contributed by atoms with Crippen molar-refractivity contribution in [3.63, 3.8) is 0 Å².